The molecule has 0 aromatic carbocycles. The van der Waals surface area contributed by atoms with E-state index in [-0.39, 0.29) is 54.8 Å². The minimum atomic E-state index is -1.80. The van der Waals surface area contributed by atoms with Gasteiger partial charge in [0.2, 0.25) is 0 Å². The number of Topliss-reactive ketones (excluding diaryl/α,β-unsaturated/α-hetero) is 1. The molecule has 1 N–H and O–H groups in total. The van der Waals surface area contributed by atoms with Crippen molar-refractivity contribution in [3.05, 3.63) is 0 Å². The van der Waals surface area contributed by atoms with E-state index in [0.717, 1.165) is 0 Å². The number of ether oxygens (including phenoxy) is 2. The second-order valence-corrected chi connectivity index (χ2v) is 3.33. The van der Waals surface area contributed by atoms with Crippen molar-refractivity contribution in [1.29, 1.82) is 0 Å². The zero-order valence-corrected chi connectivity index (χ0v) is 11.2. The first-order chi connectivity index (χ1) is 6.60. The Morgan fingerprint density at radius 1 is 1.60 bits per heavy atom. The van der Waals surface area contributed by atoms with Crippen LogP contribution >= 0.6 is 0 Å². The molecular formula is C9H15NaO5. The molecule has 1 aliphatic rings. The van der Waals surface area contributed by atoms with Crippen LogP contribution in [0.2, 0.25) is 0 Å². The molecule has 5 nitrogen and oxygen atoms in total. The third-order valence-corrected chi connectivity index (χ3v) is 2.27. The summed E-state index contributed by atoms with van der Waals surface area (Å²) in [5.74, 6) is -0.188. The number of rotatable bonds is 4. The number of ketones is 1. The molecule has 0 spiro atoms. The van der Waals surface area contributed by atoms with Gasteiger partial charge in [-0.1, -0.05) is 6.92 Å². The number of hydrogen-bond donors (Lipinski definition) is 1. The van der Waals surface area contributed by atoms with E-state index in [9.17, 15) is 9.90 Å². The zero-order chi connectivity index (χ0) is 10.6. The normalized spacial score (nSPS) is 27.9. The van der Waals surface area contributed by atoms with Gasteiger partial charge in [-0.25, -0.2) is 0 Å². The van der Waals surface area contributed by atoms with E-state index < -0.39 is 11.9 Å². The summed E-state index contributed by atoms with van der Waals surface area (Å²) < 4.78 is 10.4. The summed E-state index contributed by atoms with van der Waals surface area (Å²) >= 11 is 0. The van der Waals surface area contributed by atoms with Gasteiger partial charge in [-0.05, 0) is 12.7 Å². The monoisotopic (exact) mass is 226 g/mol. The molecule has 6 heteroatoms. The molecular weight excluding hydrogens is 211 g/mol. The van der Waals surface area contributed by atoms with E-state index in [1.165, 1.54) is 0 Å². The van der Waals surface area contributed by atoms with Crippen molar-refractivity contribution in [2.24, 2.45) is 0 Å². The third kappa shape index (κ3) is 4.11. The van der Waals surface area contributed by atoms with Crippen LogP contribution in [0.1, 0.15) is 19.8 Å². The molecule has 0 bridgehead atoms. The molecule has 1 saturated heterocycles. The fourth-order valence-electron chi connectivity index (χ4n) is 1.57. The number of aliphatic hydroxyl groups is 1. The van der Waals surface area contributed by atoms with Gasteiger partial charge >= 0.3 is 29.6 Å². The maximum atomic E-state index is 11.6. The van der Waals surface area contributed by atoms with Gasteiger partial charge in [0.25, 0.3) is 0 Å². The smallest absolute Gasteiger partial charge is 0.831 e. The quantitative estimate of drug-likeness (QED) is 0.388. The number of aliphatic hydroxyl groups excluding tert-OH is 1. The van der Waals surface area contributed by atoms with Crippen molar-refractivity contribution < 1.29 is 54.0 Å². The van der Waals surface area contributed by atoms with Gasteiger partial charge in [0.05, 0.1) is 19.8 Å². The minimum Gasteiger partial charge on any atom is -0.831 e. The molecule has 15 heavy (non-hydrogen) atoms. The molecule has 1 aliphatic heterocycles. The van der Waals surface area contributed by atoms with E-state index in [0.29, 0.717) is 13.2 Å². The SMILES string of the molecule is CCC(=O)C1(CC([O-])O)COCCO1.[Na+]. The van der Waals surface area contributed by atoms with Crippen molar-refractivity contribution in [2.45, 2.75) is 31.7 Å². The van der Waals surface area contributed by atoms with E-state index in [2.05, 4.69) is 0 Å². The topological polar surface area (TPSA) is 78.8 Å². The third-order valence-electron chi connectivity index (χ3n) is 2.27. The molecule has 82 valence electrons. The Kier molecular flexibility index (Phi) is 7.19. The van der Waals surface area contributed by atoms with Crippen LogP contribution in [0.15, 0.2) is 0 Å². The van der Waals surface area contributed by atoms with Crippen molar-refractivity contribution in [2.75, 3.05) is 19.8 Å². The van der Waals surface area contributed by atoms with Crippen LogP contribution in [0, 0.1) is 0 Å². The fourth-order valence-corrected chi connectivity index (χ4v) is 1.57. The summed E-state index contributed by atoms with van der Waals surface area (Å²) in [6.07, 6.45) is -1.76. The van der Waals surface area contributed by atoms with E-state index >= 15 is 0 Å². The molecule has 0 aromatic heterocycles. The molecule has 0 aliphatic carbocycles. The van der Waals surface area contributed by atoms with Gasteiger partial charge in [-0.15, -0.1) is 0 Å². The zero-order valence-electron chi connectivity index (χ0n) is 9.19. The summed E-state index contributed by atoms with van der Waals surface area (Å²) in [5.41, 5.74) is -1.21. The van der Waals surface area contributed by atoms with Crippen LogP contribution in [0.3, 0.4) is 0 Å². The Morgan fingerprint density at radius 3 is 2.67 bits per heavy atom. The summed E-state index contributed by atoms with van der Waals surface area (Å²) in [7, 11) is 0. The molecule has 0 saturated carbocycles. The van der Waals surface area contributed by atoms with Gasteiger partial charge < -0.3 is 19.7 Å². The van der Waals surface area contributed by atoms with Crippen LogP contribution in [-0.4, -0.2) is 42.6 Å². The largest absolute Gasteiger partial charge is 1.00 e. The Balaban J connectivity index is 0.00000196. The second kappa shape index (κ2) is 6.96. The van der Waals surface area contributed by atoms with Crippen molar-refractivity contribution in [1.82, 2.24) is 0 Å². The van der Waals surface area contributed by atoms with Gasteiger partial charge in [0, 0.05) is 6.42 Å². The number of hydrogen-bond acceptors (Lipinski definition) is 5. The Morgan fingerprint density at radius 2 is 2.27 bits per heavy atom. The van der Waals surface area contributed by atoms with Gasteiger partial charge in [-0.2, -0.15) is 0 Å². The molecule has 2 atom stereocenters. The van der Waals surface area contributed by atoms with Crippen molar-refractivity contribution in [3.63, 3.8) is 0 Å². The van der Waals surface area contributed by atoms with Gasteiger partial charge in [0.1, 0.15) is 0 Å². The molecule has 0 aromatic rings. The van der Waals surface area contributed by atoms with Crippen LogP contribution in [0.4, 0.5) is 0 Å². The summed E-state index contributed by atoms with van der Waals surface area (Å²) in [4.78, 5) is 11.6. The minimum absolute atomic E-state index is 0. The average molecular weight is 226 g/mol. The van der Waals surface area contributed by atoms with Gasteiger partial charge in [0.15, 0.2) is 11.4 Å². The average Bonchev–Trinajstić information content (AvgIpc) is 2.17. The Labute approximate surface area is 111 Å². The Hall–Kier alpha value is 0.510. The number of carbonyl (C=O) groups is 1. The molecule has 1 heterocycles. The first-order valence-corrected chi connectivity index (χ1v) is 4.69. The molecule has 0 radical (unpaired) electrons. The summed E-state index contributed by atoms with van der Waals surface area (Å²) in [6.45, 7) is 2.48. The van der Waals surface area contributed by atoms with E-state index in [1.807, 2.05) is 0 Å². The van der Waals surface area contributed by atoms with Crippen LogP contribution in [0.25, 0.3) is 0 Å². The van der Waals surface area contributed by atoms with Crippen LogP contribution in [0.5, 0.6) is 0 Å². The molecule has 2 unspecified atom stereocenters. The van der Waals surface area contributed by atoms with Crippen molar-refractivity contribution in [3.8, 4) is 0 Å². The van der Waals surface area contributed by atoms with Crippen molar-refractivity contribution >= 4 is 5.78 Å². The van der Waals surface area contributed by atoms with E-state index in [1.54, 1.807) is 6.92 Å². The first kappa shape index (κ1) is 15.5. The molecule has 0 amide bonds. The Bertz CT molecular complexity index is 201. The molecule has 1 rings (SSSR count). The maximum absolute atomic E-state index is 11.6. The fraction of sp³-hybridized carbons (Fsp3) is 0.889. The number of carbonyl (C=O) groups excluding carboxylic acids is 1. The first-order valence-electron chi connectivity index (χ1n) is 4.69. The molecule has 1 fully saturated rings. The summed E-state index contributed by atoms with van der Waals surface area (Å²) in [6, 6.07) is 0. The van der Waals surface area contributed by atoms with Crippen LogP contribution < -0.4 is 34.7 Å². The summed E-state index contributed by atoms with van der Waals surface area (Å²) in [5, 5.41) is 19.5. The van der Waals surface area contributed by atoms with E-state index in [4.69, 9.17) is 14.6 Å². The standard InChI is InChI=1S/C9H15O5.Na/c1-2-7(10)9(5-8(11)12)6-13-3-4-14-9;/h8,11H,2-6H2,1H3;/q-1;+1. The predicted molar refractivity (Wildman–Crippen MR) is 45.4 cm³/mol. The van der Waals surface area contributed by atoms with Crippen LogP contribution in [-0.2, 0) is 14.3 Å². The predicted octanol–water partition coefficient (Wildman–Crippen LogP) is -4.18. The maximum Gasteiger partial charge on any atom is 1.00 e. The van der Waals surface area contributed by atoms with Gasteiger partial charge in [-0.3, -0.25) is 4.79 Å². The second-order valence-electron chi connectivity index (χ2n) is 3.33.